The summed E-state index contributed by atoms with van der Waals surface area (Å²) in [5, 5.41) is 19.9. The summed E-state index contributed by atoms with van der Waals surface area (Å²) < 4.78 is 5.67. The van der Waals surface area contributed by atoms with Gasteiger partial charge in [0, 0.05) is 12.7 Å². The topological polar surface area (TPSA) is 66.8 Å². The Hall–Kier alpha value is -1.04. The highest BCUT2D eigenvalue weighted by Gasteiger charge is 2.19. The van der Waals surface area contributed by atoms with Crippen LogP contribution in [0.2, 0.25) is 0 Å². The molecule has 1 aromatic carbocycles. The van der Waals surface area contributed by atoms with Crippen LogP contribution in [0.15, 0.2) is 24.3 Å². The van der Waals surface area contributed by atoms with Crippen molar-refractivity contribution >= 4 is 16.9 Å². The molecule has 2 atom stereocenters. The van der Waals surface area contributed by atoms with Gasteiger partial charge in [-0.1, -0.05) is 56.5 Å². The average molecular weight is 340 g/mol. The molecular weight excluding hydrogens is 312 g/mol. The molecule has 0 amide bonds. The molecule has 1 aromatic rings. The molecule has 0 aliphatic heterocycles. The number of rotatable bonds is 11. The molecule has 0 fully saturated rings. The Morgan fingerprint density at radius 2 is 1.78 bits per heavy atom. The van der Waals surface area contributed by atoms with Gasteiger partial charge in [-0.25, -0.2) is 0 Å². The second-order valence-electron chi connectivity index (χ2n) is 5.65. The fourth-order valence-corrected chi connectivity index (χ4v) is 2.76. The quantitative estimate of drug-likeness (QED) is 0.601. The Morgan fingerprint density at radius 1 is 1.13 bits per heavy atom. The molecule has 1 rings (SSSR count). The lowest BCUT2D eigenvalue weighted by Crippen LogP contribution is -2.21. The van der Waals surface area contributed by atoms with E-state index in [1.807, 2.05) is 0 Å². The van der Waals surface area contributed by atoms with Crippen LogP contribution >= 0.6 is 11.8 Å². The van der Waals surface area contributed by atoms with Gasteiger partial charge in [0.2, 0.25) is 0 Å². The van der Waals surface area contributed by atoms with Crippen molar-refractivity contribution in [1.82, 2.24) is 0 Å². The molecule has 0 aromatic heterocycles. The van der Waals surface area contributed by atoms with Crippen LogP contribution in [-0.2, 0) is 4.79 Å². The van der Waals surface area contributed by atoms with E-state index in [-0.39, 0.29) is 10.9 Å². The first-order valence-electron chi connectivity index (χ1n) is 8.26. The first kappa shape index (κ1) is 20.0. The van der Waals surface area contributed by atoms with Crippen LogP contribution in [0.4, 0.5) is 0 Å². The summed E-state index contributed by atoms with van der Waals surface area (Å²) in [5.41, 5.74) is 0.622. The lowest BCUT2D eigenvalue weighted by molar-refractivity contribution is -0.109. The predicted octanol–water partition coefficient (Wildman–Crippen LogP) is 3.71. The van der Waals surface area contributed by atoms with E-state index in [0.717, 1.165) is 23.9 Å². The third kappa shape index (κ3) is 8.39. The third-order valence-electron chi connectivity index (χ3n) is 3.56. The summed E-state index contributed by atoms with van der Waals surface area (Å²) in [7, 11) is 0. The fraction of sp³-hybridized carbons (Fsp3) is 0.611. The van der Waals surface area contributed by atoms with Crippen LogP contribution in [0, 0.1) is 0 Å². The van der Waals surface area contributed by atoms with Gasteiger partial charge in [-0.3, -0.25) is 4.79 Å². The summed E-state index contributed by atoms with van der Waals surface area (Å²) in [5.74, 6) is 0.955. The molecule has 2 N–H and O–H groups in total. The van der Waals surface area contributed by atoms with Gasteiger partial charge in [-0.2, -0.15) is 0 Å². The number of ether oxygens (including phenoxy) is 1. The van der Waals surface area contributed by atoms with Crippen LogP contribution in [0.1, 0.15) is 57.6 Å². The Labute approximate surface area is 143 Å². The molecule has 0 aliphatic carbocycles. The highest BCUT2D eigenvalue weighted by molar-refractivity contribution is 8.13. The molecule has 130 valence electrons. The highest BCUT2D eigenvalue weighted by atomic mass is 32.2. The zero-order valence-electron chi connectivity index (χ0n) is 14.0. The van der Waals surface area contributed by atoms with E-state index in [0.29, 0.717) is 12.2 Å². The molecule has 0 saturated heterocycles. The third-order valence-corrected chi connectivity index (χ3v) is 4.47. The average Bonchev–Trinajstić information content (AvgIpc) is 2.55. The van der Waals surface area contributed by atoms with Crippen LogP contribution in [-0.4, -0.2) is 33.8 Å². The molecule has 2 unspecified atom stereocenters. The number of hydrogen-bond donors (Lipinski definition) is 2. The highest BCUT2D eigenvalue weighted by Crippen LogP contribution is 2.22. The minimum absolute atomic E-state index is 0.0704. The van der Waals surface area contributed by atoms with Crippen LogP contribution in [0.25, 0.3) is 0 Å². The normalized spacial score (nSPS) is 13.6. The van der Waals surface area contributed by atoms with E-state index in [4.69, 9.17) is 4.74 Å². The predicted molar refractivity (Wildman–Crippen MR) is 94.8 cm³/mol. The maximum absolute atomic E-state index is 10.9. The Bertz CT molecular complexity index is 447. The van der Waals surface area contributed by atoms with Gasteiger partial charge >= 0.3 is 0 Å². The summed E-state index contributed by atoms with van der Waals surface area (Å²) in [6.45, 7) is 4.34. The van der Waals surface area contributed by atoms with Crippen molar-refractivity contribution in [3.05, 3.63) is 29.8 Å². The molecule has 0 radical (unpaired) electrons. The molecular formula is C18H28O4S. The van der Waals surface area contributed by atoms with Crippen LogP contribution in [0.3, 0.4) is 0 Å². The molecule has 0 saturated carbocycles. The van der Waals surface area contributed by atoms with Gasteiger partial charge in [0.1, 0.15) is 11.9 Å². The number of carbonyl (C=O) groups excluding carboxylic acids is 1. The molecule has 4 nitrogen and oxygen atoms in total. The van der Waals surface area contributed by atoms with Gasteiger partial charge in [0.15, 0.2) is 5.12 Å². The van der Waals surface area contributed by atoms with Crippen molar-refractivity contribution in [3.63, 3.8) is 0 Å². The monoisotopic (exact) mass is 340 g/mol. The SMILES string of the molecule is CCCCCCCOc1ccc(C(O)C(O)CSC(C)=O)cc1. The van der Waals surface area contributed by atoms with Crippen molar-refractivity contribution in [2.45, 2.75) is 58.2 Å². The minimum Gasteiger partial charge on any atom is -0.494 e. The minimum atomic E-state index is -0.995. The van der Waals surface area contributed by atoms with E-state index in [2.05, 4.69) is 6.92 Å². The van der Waals surface area contributed by atoms with Crippen molar-refractivity contribution < 1.29 is 19.7 Å². The standard InChI is InChI=1S/C18H28O4S/c1-3-4-5-6-7-12-22-16-10-8-15(9-11-16)18(21)17(20)13-23-14(2)19/h8-11,17-18,20-21H,3-7,12-13H2,1-2H3. The van der Waals surface area contributed by atoms with Crippen LogP contribution in [0.5, 0.6) is 5.75 Å². The zero-order chi connectivity index (χ0) is 17.1. The molecule has 0 heterocycles. The van der Waals surface area contributed by atoms with Gasteiger partial charge < -0.3 is 14.9 Å². The summed E-state index contributed by atoms with van der Waals surface area (Å²) in [6.07, 6.45) is 4.04. The number of thioether (sulfide) groups is 1. The number of aliphatic hydroxyl groups excluding tert-OH is 2. The van der Waals surface area contributed by atoms with E-state index < -0.39 is 12.2 Å². The summed E-state index contributed by atoms with van der Waals surface area (Å²) in [6, 6.07) is 7.10. The zero-order valence-corrected chi connectivity index (χ0v) is 14.8. The maximum atomic E-state index is 10.9. The summed E-state index contributed by atoms with van der Waals surface area (Å²) >= 11 is 1.01. The number of benzene rings is 1. The molecule has 0 spiro atoms. The first-order chi connectivity index (χ1) is 11.0. The number of hydrogen-bond acceptors (Lipinski definition) is 5. The largest absolute Gasteiger partial charge is 0.494 e. The fourth-order valence-electron chi connectivity index (χ4n) is 2.17. The number of aliphatic hydroxyl groups is 2. The lowest BCUT2D eigenvalue weighted by Gasteiger charge is -2.17. The van der Waals surface area contributed by atoms with Crippen molar-refractivity contribution in [3.8, 4) is 5.75 Å². The van der Waals surface area contributed by atoms with Crippen LogP contribution < -0.4 is 4.74 Å². The van der Waals surface area contributed by atoms with Gasteiger partial charge in [0.05, 0.1) is 12.7 Å². The molecule has 5 heteroatoms. The molecule has 0 aliphatic rings. The van der Waals surface area contributed by atoms with Gasteiger partial charge in [-0.05, 0) is 24.1 Å². The van der Waals surface area contributed by atoms with E-state index in [1.54, 1.807) is 24.3 Å². The Morgan fingerprint density at radius 3 is 2.39 bits per heavy atom. The smallest absolute Gasteiger partial charge is 0.185 e. The summed E-state index contributed by atoms with van der Waals surface area (Å²) in [4.78, 5) is 10.9. The van der Waals surface area contributed by atoms with Gasteiger partial charge in [-0.15, -0.1) is 0 Å². The second-order valence-corrected chi connectivity index (χ2v) is 6.84. The second kappa shape index (κ2) is 11.5. The first-order valence-corrected chi connectivity index (χ1v) is 9.25. The van der Waals surface area contributed by atoms with E-state index in [9.17, 15) is 15.0 Å². The number of carbonyl (C=O) groups is 1. The molecule has 23 heavy (non-hydrogen) atoms. The maximum Gasteiger partial charge on any atom is 0.185 e. The van der Waals surface area contributed by atoms with E-state index in [1.165, 1.54) is 32.6 Å². The Kier molecular flexibility index (Phi) is 9.99. The van der Waals surface area contributed by atoms with Gasteiger partial charge in [0.25, 0.3) is 0 Å². The number of unbranched alkanes of at least 4 members (excludes halogenated alkanes) is 4. The van der Waals surface area contributed by atoms with Crippen molar-refractivity contribution in [1.29, 1.82) is 0 Å². The Balaban J connectivity index is 2.35. The van der Waals surface area contributed by atoms with Crippen molar-refractivity contribution in [2.24, 2.45) is 0 Å². The van der Waals surface area contributed by atoms with E-state index >= 15 is 0 Å². The lowest BCUT2D eigenvalue weighted by atomic mass is 10.1. The van der Waals surface area contributed by atoms with Crippen molar-refractivity contribution in [2.75, 3.05) is 12.4 Å². The molecule has 0 bridgehead atoms.